The Labute approximate surface area is 212 Å². The molecular formula is C26H22ClN3O4S. The molecule has 0 radical (unpaired) electrons. The highest BCUT2D eigenvalue weighted by Gasteiger charge is 2.35. The van der Waals surface area contributed by atoms with Crippen molar-refractivity contribution in [2.24, 2.45) is 4.99 Å². The first kappa shape index (κ1) is 23.3. The number of halogens is 1. The molecule has 3 heterocycles. The van der Waals surface area contributed by atoms with Crippen molar-refractivity contribution in [3.8, 4) is 5.75 Å². The van der Waals surface area contributed by atoms with Crippen LogP contribution in [0.25, 0.3) is 6.08 Å². The van der Waals surface area contributed by atoms with Crippen LogP contribution in [0.1, 0.15) is 18.2 Å². The third kappa shape index (κ3) is 4.47. The summed E-state index contributed by atoms with van der Waals surface area (Å²) in [4.78, 5) is 34.4. The van der Waals surface area contributed by atoms with E-state index in [1.54, 1.807) is 36.4 Å². The molecular weight excluding hydrogens is 486 g/mol. The number of para-hydroxylation sites is 1. The van der Waals surface area contributed by atoms with E-state index in [1.807, 2.05) is 36.1 Å². The van der Waals surface area contributed by atoms with Crippen molar-refractivity contribution in [2.75, 3.05) is 22.7 Å². The molecule has 2 aliphatic rings. The number of amidine groups is 1. The van der Waals surface area contributed by atoms with Gasteiger partial charge in [0.1, 0.15) is 17.2 Å². The van der Waals surface area contributed by atoms with Crippen molar-refractivity contribution in [3.63, 3.8) is 0 Å². The fourth-order valence-corrected chi connectivity index (χ4v) is 5.39. The van der Waals surface area contributed by atoms with Gasteiger partial charge < -0.3 is 14.1 Å². The molecule has 0 bridgehead atoms. The lowest BCUT2D eigenvalue weighted by molar-refractivity contribution is -0.116. The van der Waals surface area contributed by atoms with Crippen molar-refractivity contribution in [1.29, 1.82) is 0 Å². The molecule has 0 saturated heterocycles. The van der Waals surface area contributed by atoms with E-state index in [0.717, 1.165) is 17.7 Å². The molecule has 1 aromatic heterocycles. The van der Waals surface area contributed by atoms with Crippen LogP contribution >= 0.6 is 23.4 Å². The minimum absolute atomic E-state index is 0.0428. The van der Waals surface area contributed by atoms with Crippen LogP contribution in [0.2, 0.25) is 5.02 Å². The van der Waals surface area contributed by atoms with Gasteiger partial charge >= 0.3 is 0 Å². The van der Waals surface area contributed by atoms with Crippen LogP contribution in [-0.4, -0.2) is 35.9 Å². The molecule has 0 aliphatic carbocycles. The molecule has 0 spiro atoms. The van der Waals surface area contributed by atoms with Crippen molar-refractivity contribution >= 4 is 57.8 Å². The molecule has 9 heteroatoms. The van der Waals surface area contributed by atoms with E-state index in [0.29, 0.717) is 27.4 Å². The Morgan fingerprint density at radius 2 is 2.09 bits per heavy atom. The summed E-state index contributed by atoms with van der Waals surface area (Å²) in [6.45, 7) is 2.04. The zero-order valence-electron chi connectivity index (χ0n) is 19.1. The molecule has 3 aromatic rings. The number of hydrogen-bond donors (Lipinski definition) is 0. The minimum Gasteiger partial charge on any atom is -0.495 e. The smallest absolute Gasteiger partial charge is 0.283 e. The Kier molecular flexibility index (Phi) is 6.40. The van der Waals surface area contributed by atoms with Crippen LogP contribution < -0.4 is 14.5 Å². The van der Waals surface area contributed by atoms with E-state index in [2.05, 4.69) is 4.99 Å². The predicted molar refractivity (Wildman–Crippen MR) is 139 cm³/mol. The van der Waals surface area contributed by atoms with Crippen molar-refractivity contribution < 1.29 is 18.7 Å². The monoisotopic (exact) mass is 507 g/mol. The largest absolute Gasteiger partial charge is 0.495 e. The summed E-state index contributed by atoms with van der Waals surface area (Å²) in [5, 5.41) is 0.756. The quantitative estimate of drug-likeness (QED) is 0.432. The molecule has 2 amide bonds. The lowest BCUT2D eigenvalue weighted by Gasteiger charge is -2.23. The number of aliphatic imine (C=N–C) groups is 1. The summed E-state index contributed by atoms with van der Waals surface area (Å²) in [6, 6.07) is 16.5. The maximum atomic E-state index is 13.3. The lowest BCUT2D eigenvalue weighted by Crippen LogP contribution is -2.38. The van der Waals surface area contributed by atoms with E-state index in [1.165, 1.54) is 30.0 Å². The number of ether oxygens (including phenoxy) is 1. The maximum absolute atomic E-state index is 13.3. The van der Waals surface area contributed by atoms with Gasteiger partial charge in [-0.2, -0.15) is 0 Å². The second-order valence-corrected chi connectivity index (χ2v) is 9.48. The number of thioether (sulfide) groups is 1. The average molecular weight is 508 g/mol. The Morgan fingerprint density at radius 3 is 2.83 bits per heavy atom. The van der Waals surface area contributed by atoms with Gasteiger partial charge in [0, 0.05) is 17.8 Å². The number of benzene rings is 2. The number of methoxy groups -OCH3 is 1. The molecule has 0 N–H and O–H groups in total. The third-order valence-electron chi connectivity index (χ3n) is 5.85. The van der Waals surface area contributed by atoms with Gasteiger partial charge in [-0.05, 0) is 55.3 Å². The molecule has 2 aliphatic heterocycles. The van der Waals surface area contributed by atoms with E-state index in [-0.39, 0.29) is 29.3 Å². The van der Waals surface area contributed by atoms with Gasteiger partial charge in [-0.1, -0.05) is 41.6 Å². The van der Waals surface area contributed by atoms with Crippen molar-refractivity contribution in [2.45, 2.75) is 19.4 Å². The Hall–Kier alpha value is -3.49. The highest BCUT2D eigenvalue weighted by atomic mass is 35.5. The summed E-state index contributed by atoms with van der Waals surface area (Å²) in [5.74, 6) is 0.751. The maximum Gasteiger partial charge on any atom is 0.283 e. The summed E-state index contributed by atoms with van der Waals surface area (Å²) in [6.07, 6.45) is 3.92. The first-order valence-electron chi connectivity index (χ1n) is 11.0. The molecule has 0 unspecified atom stereocenters. The Morgan fingerprint density at radius 1 is 1.26 bits per heavy atom. The van der Waals surface area contributed by atoms with Gasteiger partial charge in [0.15, 0.2) is 5.17 Å². The second-order valence-electron chi connectivity index (χ2n) is 8.13. The first-order chi connectivity index (χ1) is 17.0. The fraction of sp³-hybridized carbons (Fsp3) is 0.192. The van der Waals surface area contributed by atoms with E-state index in [9.17, 15) is 9.59 Å². The number of furan rings is 1. The first-order valence-corrected chi connectivity index (χ1v) is 12.4. The highest BCUT2D eigenvalue weighted by Crippen LogP contribution is 2.36. The number of amides is 2. The number of fused-ring (bicyclic) bond motifs is 1. The molecule has 178 valence electrons. The Bertz CT molecular complexity index is 1350. The predicted octanol–water partition coefficient (Wildman–Crippen LogP) is 5.40. The van der Waals surface area contributed by atoms with Crippen LogP contribution in [0.3, 0.4) is 0 Å². The number of carbonyl (C=O) groups excluding carboxylic acids is 2. The molecule has 5 rings (SSSR count). The summed E-state index contributed by atoms with van der Waals surface area (Å²) < 4.78 is 10.6. The van der Waals surface area contributed by atoms with Gasteiger partial charge in [0.2, 0.25) is 5.91 Å². The van der Waals surface area contributed by atoms with E-state index in [4.69, 9.17) is 20.8 Å². The van der Waals surface area contributed by atoms with Crippen LogP contribution in [0.5, 0.6) is 5.75 Å². The third-order valence-corrected chi connectivity index (χ3v) is 7.06. The zero-order chi connectivity index (χ0) is 24.5. The van der Waals surface area contributed by atoms with Crippen molar-refractivity contribution in [3.05, 3.63) is 82.9 Å². The summed E-state index contributed by atoms with van der Waals surface area (Å²) >= 11 is 7.55. The van der Waals surface area contributed by atoms with E-state index < -0.39 is 0 Å². The molecule has 0 saturated carbocycles. The van der Waals surface area contributed by atoms with Crippen LogP contribution in [0, 0.1) is 0 Å². The number of nitrogens with zero attached hydrogens (tertiary/aromatic N) is 3. The van der Waals surface area contributed by atoms with Gasteiger partial charge in [0.25, 0.3) is 5.91 Å². The molecule has 2 aromatic carbocycles. The Balaban J connectivity index is 1.43. The average Bonchev–Trinajstić information content (AvgIpc) is 3.55. The van der Waals surface area contributed by atoms with Gasteiger partial charge in [-0.25, -0.2) is 4.99 Å². The lowest BCUT2D eigenvalue weighted by atomic mass is 10.1. The molecule has 1 atom stereocenters. The van der Waals surface area contributed by atoms with E-state index >= 15 is 0 Å². The molecule has 7 nitrogen and oxygen atoms in total. The fourth-order valence-electron chi connectivity index (χ4n) is 4.26. The second kappa shape index (κ2) is 9.64. The number of anilines is 2. The highest BCUT2D eigenvalue weighted by molar-refractivity contribution is 8.14. The number of hydrogen-bond acceptors (Lipinski definition) is 6. The van der Waals surface area contributed by atoms with Crippen LogP contribution in [-0.2, 0) is 16.0 Å². The van der Waals surface area contributed by atoms with Crippen LogP contribution in [0.4, 0.5) is 11.4 Å². The number of carbonyl (C=O) groups is 2. The van der Waals surface area contributed by atoms with Gasteiger partial charge in [0.05, 0.1) is 29.8 Å². The van der Waals surface area contributed by atoms with Crippen molar-refractivity contribution in [1.82, 2.24) is 0 Å². The SMILES string of the molecule is COc1ccc(N2C(=O)/C(=C\c3ccco3)N=C2SCC(=O)N2c3ccccc3C[C@@H]2C)cc1Cl. The summed E-state index contributed by atoms with van der Waals surface area (Å²) in [7, 11) is 1.53. The summed E-state index contributed by atoms with van der Waals surface area (Å²) in [5.41, 5.74) is 2.83. The number of rotatable bonds is 5. The zero-order valence-corrected chi connectivity index (χ0v) is 20.7. The van der Waals surface area contributed by atoms with Crippen LogP contribution in [0.15, 0.2) is 76.0 Å². The minimum atomic E-state index is -0.336. The molecule has 35 heavy (non-hydrogen) atoms. The molecule has 0 fully saturated rings. The van der Waals surface area contributed by atoms with Gasteiger partial charge in [-0.15, -0.1) is 0 Å². The normalized spacial score (nSPS) is 18.3. The standard InChI is InChI=1S/C26H22ClN3O4S/c1-16-12-17-6-3-4-8-22(17)29(16)24(31)15-35-26-28-21(14-19-7-5-11-34-19)25(32)30(26)18-9-10-23(33-2)20(27)13-18/h3-11,13-14,16H,12,15H2,1-2H3/b21-14+/t16-/m0/s1. The topological polar surface area (TPSA) is 75.3 Å². The van der Waals surface area contributed by atoms with Gasteiger partial charge in [-0.3, -0.25) is 14.5 Å².